The number of anilines is 1. The maximum absolute atomic E-state index is 12.7. The first-order valence-electron chi connectivity index (χ1n) is 7.77. The van der Waals surface area contributed by atoms with Gasteiger partial charge in [-0.1, -0.05) is 0 Å². The number of aryl methyl sites for hydroxylation is 1. The van der Waals surface area contributed by atoms with E-state index in [0.717, 1.165) is 12.4 Å². The van der Waals surface area contributed by atoms with Crippen LogP contribution < -0.4 is 5.32 Å². The number of carbonyl (C=O) groups is 1. The summed E-state index contributed by atoms with van der Waals surface area (Å²) in [4.78, 5) is 21.2. The van der Waals surface area contributed by atoms with Crippen LogP contribution in [0.25, 0.3) is 0 Å². The zero-order chi connectivity index (χ0) is 18.0. The molecule has 2 aromatic rings. The van der Waals surface area contributed by atoms with Crippen LogP contribution in [-0.2, 0) is 13.2 Å². The van der Waals surface area contributed by atoms with Crippen LogP contribution in [0.1, 0.15) is 29.0 Å². The summed E-state index contributed by atoms with van der Waals surface area (Å²) in [7, 11) is 1.70. The van der Waals surface area contributed by atoms with Crippen molar-refractivity contribution in [2.45, 2.75) is 25.1 Å². The minimum atomic E-state index is -4.50. The summed E-state index contributed by atoms with van der Waals surface area (Å²) in [6.07, 6.45) is -0.802. The molecule has 0 aromatic carbocycles. The number of carbonyl (C=O) groups excluding carboxylic acids is 1. The van der Waals surface area contributed by atoms with Gasteiger partial charge >= 0.3 is 6.18 Å². The average molecular weight is 354 g/mol. The third kappa shape index (κ3) is 3.89. The lowest BCUT2D eigenvalue weighted by molar-refractivity contribution is -0.141. The molecule has 1 aliphatic rings. The Hall–Kier alpha value is -2.65. The first kappa shape index (κ1) is 17.2. The van der Waals surface area contributed by atoms with E-state index in [1.807, 2.05) is 0 Å². The van der Waals surface area contributed by atoms with E-state index in [-0.39, 0.29) is 17.8 Å². The number of aromatic nitrogens is 4. The van der Waals surface area contributed by atoms with Crippen molar-refractivity contribution in [3.63, 3.8) is 0 Å². The number of hydrogen-bond donors (Lipinski definition) is 1. The Kier molecular flexibility index (Phi) is 4.60. The molecule has 1 aliphatic heterocycles. The third-order valence-electron chi connectivity index (χ3n) is 4.13. The van der Waals surface area contributed by atoms with Gasteiger partial charge in [0.15, 0.2) is 0 Å². The van der Waals surface area contributed by atoms with E-state index in [0.29, 0.717) is 31.6 Å². The summed E-state index contributed by atoms with van der Waals surface area (Å²) < 4.78 is 39.6. The minimum Gasteiger partial charge on any atom is -0.367 e. The quantitative estimate of drug-likeness (QED) is 0.912. The van der Waals surface area contributed by atoms with Crippen molar-refractivity contribution in [2.24, 2.45) is 7.05 Å². The van der Waals surface area contributed by atoms with Crippen molar-refractivity contribution in [2.75, 3.05) is 18.4 Å². The van der Waals surface area contributed by atoms with Crippen LogP contribution >= 0.6 is 0 Å². The number of piperidine rings is 1. The molecule has 0 bridgehead atoms. The second-order valence-corrected chi connectivity index (χ2v) is 5.84. The lowest BCUT2D eigenvalue weighted by atomic mass is 10.0. The number of hydrogen-bond acceptors (Lipinski definition) is 5. The fourth-order valence-corrected chi connectivity index (χ4v) is 2.77. The molecule has 2 aromatic heterocycles. The lowest BCUT2D eigenvalue weighted by Gasteiger charge is -2.32. The van der Waals surface area contributed by atoms with E-state index in [2.05, 4.69) is 20.4 Å². The van der Waals surface area contributed by atoms with Crippen LogP contribution in [0.15, 0.2) is 24.7 Å². The average Bonchev–Trinajstić information content (AvgIpc) is 3.00. The second-order valence-electron chi connectivity index (χ2n) is 5.84. The van der Waals surface area contributed by atoms with Crippen molar-refractivity contribution in [1.82, 2.24) is 24.6 Å². The van der Waals surface area contributed by atoms with E-state index < -0.39 is 11.9 Å². The number of alkyl halides is 3. The first-order chi connectivity index (χ1) is 11.8. The zero-order valence-corrected chi connectivity index (χ0v) is 13.5. The van der Waals surface area contributed by atoms with E-state index in [9.17, 15) is 18.0 Å². The number of amides is 1. The van der Waals surface area contributed by atoms with Gasteiger partial charge in [-0.3, -0.25) is 9.48 Å². The highest BCUT2D eigenvalue weighted by molar-refractivity contribution is 5.92. The second kappa shape index (κ2) is 6.69. The highest BCUT2D eigenvalue weighted by Crippen LogP contribution is 2.28. The topological polar surface area (TPSA) is 75.9 Å². The number of rotatable bonds is 3. The predicted molar refractivity (Wildman–Crippen MR) is 82.8 cm³/mol. The molecule has 10 heteroatoms. The van der Waals surface area contributed by atoms with Gasteiger partial charge < -0.3 is 10.2 Å². The zero-order valence-electron chi connectivity index (χ0n) is 13.5. The molecule has 3 heterocycles. The molecule has 1 N–H and O–H groups in total. The predicted octanol–water partition coefficient (Wildman–Crippen LogP) is 1.95. The van der Waals surface area contributed by atoms with E-state index >= 15 is 0 Å². The molecule has 0 spiro atoms. The Morgan fingerprint density at radius 1 is 1.28 bits per heavy atom. The van der Waals surface area contributed by atoms with Gasteiger partial charge in [0, 0.05) is 38.4 Å². The Morgan fingerprint density at radius 2 is 2.00 bits per heavy atom. The summed E-state index contributed by atoms with van der Waals surface area (Å²) in [6, 6.07) is 2.51. The van der Waals surface area contributed by atoms with Gasteiger partial charge in [0.1, 0.15) is 23.5 Å². The fraction of sp³-hybridized carbons (Fsp3) is 0.467. The van der Waals surface area contributed by atoms with Gasteiger partial charge in [-0.25, -0.2) is 9.97 Å². The molecule has 1 fully saturated rings. The SMILES string of the molecule is Cn1nccc1C(=O)N1CCC(Nc2cc(C(F)(F)F)ncn2)CC1. The number of nitrogens with zero attached hydrogens (tertiary/aromatic N) is 5. The summed E-state index contributed by atoms with van der Waals surface area (Å²) in [5, 5.41) is 6.97. The van der Waals surface area contributed by atoms with Crippen molar-refractivity contribution < 1.29 is 18.0 Å². The molecule has 1 amide bonds. The molecule has 1 saturated heterocycles. The Balaban J connectivity index is 1.58. The van der Waals surface area contributed by atoms with E-state index in [4.69, 9.17) is 0 Å². The van der Waals surface area contributed by atoms with Gasteiger partial charge in [0.2, 0.25) is 0 Å². The van der Waals surface area contributed by atoms with Gasteiger partial charge in [-0.2, -0.15) is 18.3 Å². The summed E-state index contributed by atoms with van der Waals surface area (Å²) in [5.74, 6) is 0.0404. The van der Waals surface area contributed by atoms with Crippen LogP contribution in [0.2, 0.25) is 0 Å². The number of nitrogens with one attached hydrogen (secondary N) is 1. The molecular formula is C15H17F3N6O. The van der Waals surface area contributed by atoms with Gasteiger partial charge in [0.05, 0.1) is 0 Å². The molecule has 0 radical (unpaired) electrons. The van der Waals surface area contributed by atoms with Crippen LogP contribution in [0, 0.1) is 0 Å². The Bertz CT molecular complexity index is 752. The lowest BCUT2D eigenvalue weighted by Crippen LogP contribution is -2.43. The maximum atomic E-state index is 12.7. The van der Waals surface area contributed by atoms with Crippen LogP contribution in [0.4, 0.5) is 19.0 Å². The standard InChI is InChI=1S/C15H17F3N6O/c1-23-11(2-5-21-23)14(25)24-6-3-10(4-7-24)22-13-8-12(15(16,17)18)19-9-20-13/h2,5,8-10H,3-4,6-7H2,1H3,(H,19,20,22). The summed E-state index contributed by atoms with van der Waals surface area (Å²) in [6.45, 7) is 1.03. The normalized spacial score (nSPS) is 16.1. The Morgan fingerprint density at radius 3 is 2.60 bits per heavy atom. The van der Waals surface area contributed by atoms with Crippen molar-refractivity contribution in [3.8, 4) is 0 Å². The fourth-order valence-electron chi connectivity index (χ4n) is 2.77. The largest absolute Gasteiger partial charge is 0.433 e. The molecule has 7 nitrogen and oxygen atoms in total. The molecule has 3 rings (SSSR count). The molecule has 0 aliphatic carbocycles. The third-order valence-corrected chi connectivity index (χ3v) is 4.13. The van der Waals surface area contributed by atoms with Gasteiger partial charge in [-0.15, -0.1) is 0 Å². The number of halogens is 3. The van der Waals surface area contributed by atoms with Crippen molar-refractivity contribution in [1.29, 1.82) is 0 Å². The summed E-state index contributed by atoms with van der Waals surface area (Å²) in [5.41, 5.74) is -0.467. The smallest absolute Gasteiger partial charge is 0.367 e. The number of likely N-dealkylation sites (tertiary alicyclic amines) is 1. The van der Waals surface area contributed by atoms with Crippen LogP contribution in [0.5, 0.6) is 0 Å². The molecule has 0 saturated carbocycles. The highest BCUT2D eigenvalue weighted by atomic mass is 19.4. The molecule has 25 heavy (non-hydrogen) atoms. The van der Waals surface area contributed by atoms with E-state index in [1.54, 1.807) is 24.2 Å². The minimum absolute atomic E-state index is 0.0495. The first-order valence-corrected chi connectivity index (χ1v) is 7.77. The van der Waals surface area contributed by atoms with Crippen molar-refractivity contribution in [3.05, 3.63) is 36.0 Å². The van der Waals surface area contributed by atoms with Crippen LogP contribution in [-0.4, -0.2) is 49.7 Å². The maximum Gasteiger partial charge on any atom is 0.433 e. The molecule has 134 valence electrons. The summed E-state index contributed by atoms with van der Waals surface area (Å²) >= 11 is 0. The molecular weight excluding hydrogens is 337 g/mol. The van der Waals surface area contributed by atoms with Crippen molar-refractivity contribution >= 4 is 11.7 Å². The van der Waals surface area contributed by atoms with Crippen LogP contribution in [0.3, 0.4) is 0 Å². The van der Waals surface area contributed by atoms with Gasteiger partial charge in [-0.05, 0) is 18.9 Å². The molecule has 0 unspecified atom stereocenters. The van der Waals surface area contributed by atoms with E-state index in [1.165, 1.54) is 4.68 Å². The molecule has 0 atom stereocenters. The monoisotopic (exact) mass is 354 g/mol. The Labute approximate surface area is 141 Å². The van der Waals surface area contributed by atoms with Gasteiger partial charge in [0.25, 0.3) is 5.91 Å². The highest BCUT2D eigenvalue weighted by Gasteiger charge is 2.33.